The van der Waals surface area contributed by atoms with Gasteiger partial charge in [-0.15, -0.1) is 0 Å². The van der Waals surface area contributed by atoms with Crippen molar-refractivity contribution in [2.45, 2.75) is 38.9 Å². The van der Waals surface area contributed by atoms with Gasteiger partial charge in [0.2, 0.25) is 0 Å². The summed E-state index contributed by atoms with van der Waals surface area (Å²) in [7, 11) is -0.640. The number of aromatic amines is 2. The quantitative estimate of drug-likeness (QED) is 0.681. The van der Waals surface area contributed by atoms with Crippen molar-refractivity contribution in [1.82, 2.24) is 10.2 Å². The summed E-state index contributed by atoms with van der Waals surface area (Å²) >= 11 is 0. The fourth-order valence-electron chi connectivity index (χ4n) is 1.96. The third-order valence-electron chi connectivity index (χ3n) is 3.98. The molecule has 1 aromatic heterocycles. The van der Waals surface area contributed by atoms with E-state index in [0.717, 1.165) is 0 Å². The third-order valence-corrected chi connectivity index (χ3v) is 3.98. The number of nitrogens with one attached hydrogen (secondary N) is 2. The van der Waals surface area contributed by atoms with Crippen LogP contribution in [-0.4, -0.2) is 35.1 Å². The van der Waals surface area contributed by atoms with Gasteiger partial charge in [-0.2, -0.15) is 0 Å². The van der Waals surface area contributed by atoms with E-state index in [1.165, 1.54) is 12.1 Å². The first kappa shape index (κ1) is 15.7. The van der Waals surface area contributed by atoms with Crippen LogP contribution in [0.2, 0.25) is 0 Å². The number of aromatic nitrogens is 2. The van der Waals surface area contributed by atoms with E-state index in [0.29, 0.717) is 5.47 Å². The predicted molar refractivity (Wildman–Crippen MR) is 80.8 cm³/mol. The Kier molecular flexibility index (Phi) is 3.96. The van der Waals surface area contributed by atoms with Gasteiger partial charge in [0.25, 0.3) is 11.1 Å². The zero-order chi connectivity index (χ0) is 15.8. The highest BCUT2D eigenvalue weighted by Gasteiger charge is 2.52. The lowest BCUT2D eigenvalue weighted by Crippen LogP contribution is -2.41. The van der Waals surface area contributed by atoms with Crippen molar-refractivity contribution in [2.24, 2.45) is 5.73 Å². The van der Waals surface area contributed by atoms with E-state index in [1.54, 1.807) is 0 Å². The molecule has 0 amide bonds. The van der Waals surface area contributed by atoms with Crippen LogP contribution in [0.15, 0.2) is 21.1 Å². The van der Waals surface area contributed by atoms with Crippen LogP contribution in [0.1, 0.15) is 33.3 Å². The summed E-state index contributed by atoms with van der Waals surface area (Å²) in [5, 5.41) is 4.47. The molecule has 0 atom stereocenters. The average molecular weight is 293 g/mol. The molecule has 1 saturated heterocycles. The molecule has 4 N–H and O–H groups in total. The summed E-state index contributed by atoms with van der Waals surface area (Å²) in [4.78, 5) is 23.0. The van der Waals surface area contributed by atoms with Crippen molar-refractivity contribution in [1.29, 1.82) is 0 Å². The number of hydrogen-bond acceptors (Lipinski definition) is 5. The third kappa shape index (κ3) is 3.02. The lowest BCUT2D eigenvalue weighted by molar-refractivity contribution is 0.00578. The molecule has 0 spiro atoms. The van der Waals surface area contributed by atoms with E-state index in [1.807, 2.05) is 27.7 Å². The fraction of sp³-hybridized carbons (Fsp3) is 0.538. The number of rotatable bonds is 3. The van der Waals surface area contributed by atoms with Gasteiger partial charge < -0.3 is 15.0 Å². The topological polar surface area (TPSA) is 110 Å². The van der Waals surface area contributed by atoms with Crippen molar-refractivity contribution < 1.29 is 9.31 Å². The number of hydrogen-bond donors (Lipinski definition) is 3. The zero-order valence-corrected chi connectivity index (χ0v) is 12.6. The highest BCUT2D eigenvalue weighted by atomic mass is 16.7. The van der Waals surface area contributed by atoms with Crippen LogP contribution in [0, 0.1) is 0 Å². The number of nitrogens with two attached hydrogens (primary N) is 1. The van der Waals surface area contributed by atoms with E-state index in [-0.39, 0.29) is 12.1 Å². The molecule has 0 radical (unpaired) electrons. The first-order valence-electron chi connectivity index (χ1n) is 6.74. The second kappa shape index (κ2) is 5.29. The normalized spacial score (nSPS) is 20.8. The molecule has 1 aromatic rings. The van der Waals surface area contributed by atoms with E-state index in [2.05, 4.69) is 10.2 Å². The van der Waals surface area contributed by atoms with E-state index >= 15 is 0 Å². The molecule has 0 bridgehead atoms. The summed E-state index contributed by atoms with van der Waals surface area (Å²) in [6.07, 6.45) is 1.54. The van der Waals surface area contributed by atoms with Gasteiger partial charge in [-0.3, -0.25) is 19.8 Å². The van der Waals surface area contributed by atoms with Gasteiger partial charge in [0.1, 0.15) is 0 Å². The summed E-state index contributed by atoms with van der Waals surface area (Å²) in [6, 6.07) is 1.21. The van der Waals surface area contributed by atoms with Gasteiger partial charge >= 0.3 is 7.12 Å². The molecule has 1 fully saturated rings. The Balaban J connectivity index is 2.37. The smallest absolute Gasteiger partial charge is 0.400 e. The summed E-state index contributed by atoms with van der Waals surface area (Å²) < 4.78 is 11.8. The van der Waals surface area contributed by atoms with Gasteiger partial charge in [-0.25, -0.2) is 0 Å². The maximum atomic E-state index is 11.7. The molecule has 21 heavy (non-hydrogen) atoms. The first-order chi connectivity index (χ1) is 9.66. The number of H-pyrrole nitrogens is 2. The van der Waals surface area contributed by atoms with E-state index in [9.17, 15) is 9.59 Å². The minimum Gasteiger partial charge on any atom is -0.400 e. The molecule has 0 aromatic carbocycles. The second-order valence-corrected chi connectivity index (χ2v) is 6.05. The van der Waals surface area contributed by atoms with Crippen LogP contribution in [-0.2, 0) is 9.31 Å². The first-order valence-corrected chi connectivity index (χ1v) is 6.74. The Bertz CT molecular complexity index is 658. The van der Waals surface area contributed by atoms with Gasteiger partial charge in [0.15, 0.2) is 0 Å². The lowest BCUT2D eigenvalue weighted by atomic mass is 9.77. The molecular weight excluding hydrogens is 273 g/mol. The van der Waals surface area contributed by atoms with Crippen LogP contribution in [0.3, 0.4) is 0 Å². The summed E-state index contributed by atoms with van der Waals surface area (Å²) in [6.45, 7) is 7.88. The van der Waals surface area contributed by atoms with Crippen LogP contribution in [0.4, 0.5) is 0 Å². The maximum Gasteiger partial charge on any atom is 0.491 e. The van der Waals surface area contributed by atoms with Crippen molar-refractivity contribution >= 4 is 13.2 Å². The lowest BCUT2D eigenvalue weighted by Gasteiger charge is -2.32. The molecule has 1 aliphatic rings. The summed E-state index contributed by atoms with van der Waals surface area (Å²) in [5.41, 5.74) is 4.77. The van der Waals surface area contributed by atoms with Gasteiger partial charge in [-0.1, -0.05) is 6.08 Å². The predicted octanol–water partition coefficient (Wildman–Crippen LogP) is 0.0367. The monoisotopic (exact) mass is 293 g/mol. The molecule has 0 saturated carbocycles. The standard InChI is InChI=1S/C13H20BN3O4/c1-12(2)13(3,4)21-14(20-12)9(7-15)5-8-6-10(18)16-17-11(8)19/h5-6H,7,15H2,1-4H3,(H,16,18)(H,17,19). The summed E-state index contributed by atoms with van der Waals surface area (Å²) in [5.74, 6) is 0. The largest absolute Gasteiger partial charge is 0.491 e. The van der Waals surface area contributed by atoms with Crippen molar-refractivity contribution in [3.05, 3.63) is 37.8 Å². The Morgan fingerprint density at radius 1 is 1.24 bits per heavy atom. The maximum absolute atomic E-state index is 11.7. The molecule has 8 heteroatoms. The molecule has 0 aliphatic carbocycles. The Labute approximate surface area is 122 Å². The molecule has 7 nitrogen and oxygen atoms in total. The van der Waals surface area contributed by atoms with Gasteiger partial charge in [0.05, 0.1) is 11.2 Å². The second-order valence-electron chi connectivity index (χ2n) is 6.05. The average Bonchev–Trinajstić information content (AvgIpc) is 2.59. The molecule has 0 unspecified atom stereocenters. The van der Waals surface area contributed by atoms with E-state index in [4.69, 9.17) is 15.0 Å². The van der Waals surface area contributed by atoms with Gasteiger partial charge in [-0.05, 0) is 33.2 Å². The van der Waals surface area contributed by atoms with Crippen LogP contribution >= 0.6 is 0 Å². The van der Waals surface area contributed by atoms with Crippen LogP contribution < -0.4 is 16.9 Å². The Hall–Kier alpha value is -1.64. The van der Waals surface area contributed by atoms with Crippen molar-refractivity contribution in [2.75, 3.05) is 6.54 Å². The molecule has 2 heterocycles. The van der Waals surface area contributed by atoms with Crippen molar-refractivity contribution in [3.8, 4) is 0 Å². The SMILES string of the molecule is CC1(C)OB(C(=Cc2cc(=O)[nH][nH]c2=O)CN)OC1(C)C. The Morgan fingerprint density at radius 2 is 1.81 bits per heavy atom. The minimum absolute atomic E-state index is 0.156. The highest BCUT2D eigenvalue weighted by molar-refractivity contribution is 6.55. The molecular formula is C13H20BN3O4. The van der Waals surface area contributed by atoms with E-state index < -0.39 is 29.4 Å². The van der Waals surface area contributed by atoms with Crippen LogP contribution in [0.25, 0.3) is 6.08 Å². The minimum atomic E-state index is -0.640. The van der Waals surface area contributed by atoms with Crippen molar-refractivity contribution in [3.63, 3.8) is 0 Å². The van der Waals surface area contributed by atoms with Crippen LogP contribution in [0.5, 0.6) is 0 Å². The molecule has 114 valence electrons. The zero-order valence-electron chi connectivity index (χ0n) is 12.6. The molecule has 2 rings (SSSR count). The van der Waals surface area contributed by atoms with Gasteiger partial charge in [0, 0.05) is 18.2 Å². The molecule has 1 aliphatic heterocycles. The fourth-order valence-corrected chi connectivity index (χ4v) is 1.96. The highest BCUT2D eigenvalue weighted by Crippen LogP contribution is 2.38. The Morgan fingerprint density at radius 3 is 2.33 bits per heavy atom.